The number of hydrogen-bond donors (Lipinski definition) is 2. The molecule has 1 aliphatic rings. The lowest BCUT2D eigenvalue weighted by Gasteiger charge is -2.25. The summed E-state index contributed by atoms with van der Waals surface area (Å²) in [5, 5.41) is 11.8. The highest BCUT2D eigenvalue weighted by Gasteiger charge is 2.39. The SMILES string of the molecule is CC1SCC(C(=O)O)N1C(=O)Nc1c(Br)cc(Br)cc1Br. The van der Waals surface area contributed by atoms with Crippen LogP contribution in [-0.2, 0) is 4.79 Å². The van der Waals surface area contributed by atoms with Crippen LogP contribution in [0.3, 0.4) is 0 Å². The van der Waals surface area contributed by atoms with Gasteiger partial charge in [0.05, 0.1) is 11.1 Å². The van der Waals surface area contributed by atoms with Crippen molar-refractivity contribution in [3.63, 3.8) is 0 Å². The third-order valence-electron chi connectivity index (χ3n) is 2.98. The summed E-state index contributed by atoms with van der Waals surface area (Å²) in [5.41, 5.74) is 0.566. The van der Waals surface area contributed by atoms with E-state index in [9.17, 15) is 14.7 Å². The number of aliphatic carboxylic acids is 1. The predicted molar refractivity (Wildman–Crippen MR) is 93.7 cm³/mol. The number of nitrogens with one attached hydrogen (secondary N) is 1. The number of rotatable bonds is 2. The Bertz CT molecular complexity index is 576. The van der Waals surface area contributed by atoms with Crippen LogP contribution in [0.15, 0.2) is 25.6 Å². The van der Waals surface area contributed by atoms with Gasteiger partial charge in [-0.1, -0.05) is 15.9 Å². The van der Waals surface area contributed by atoms with Crippen LogP contribution in [0.1, 0.15) is 6.92 Å². The van der Waals surface area contributed by atoms with E-state index in [4.69, 9.17) is 0 Å². The fourth-order valence-electron chi connectivity index (χ4n) is 1.97. The first-order valence-electron chi connectivity index (χ1n) is 5.89. The molecular formula is C12H11Br3N2O3S. The van der Waals surface area contributed by atoms with E-state index in [2.05, 4.69) is 53.1 Å². The number of hydrogen-bond acceptors (Lipinski definition) is 3. The zero-order chi connectivity index (χ0) is 15.7. The van der Waals surface area contributed by atoms with Crippen molar-refractivity contribution in [3.05, 3.63) is 25.6 Å². The third-order valence-corrected chi connectivity index (χ3v) is 5.91. The largest absolute Gasteiger partial charge is 0.480 e. The molecule has 0 radical (unpaired) electrons. The Morgan fingerprint density at radius 3 is 2.43 bits per heavy atom. The van der Waals surface area contributed by atoms with Gasteiger partial charge in [0.1, 0.15) is 6.04 Å². The highest BCUT2D eigenvalue weighted by atomic mass is 79.9. The number of thioether (sulfide) groups is 1. The van der Waals surface area contributed by atoms with Crippen LogP contribution < -0.4 is 5.32 Å². The van der Waals surface area contributed by atoms with Crippen LogP contribution in [0.4, 0.5) is 10.5 Å². The van der Waals surface area contributed by atoms with E-state index in [-0.39, 0.29) is 5.37 Å². The average Bonchev–Trinajstić information content (AvgIpc) is 2.75. The number of carbonyl (C=O) groups is 2. The van der Waals surface area contributed by atoms with E-state index >= 15 is 0 Å². The lowest BCUT2D eigenvalue weighted by molar-refractivity contribution is -0.141. The molecule has 2 unspecified atom stereocenters. The molecule has 5 nitrogen and oxygen atoms in total. The molecule has 1 aromatic carbocycles. The molecular weight excluding hydrogens is 492 g/mol. The third kappa shape index (κ3) is 3.75. The molecule has 0 aliphatic carbocycles. The van der Waals surface area contributed by atoms with E-state index in [0.717, 1.165) is 4.47 Å². The fourth-order valence-corrected chi connectivity index (χ4v) is 5.60. The molecule has 0 bridgehead atoms. The predicted octanol–water partition coefficient (Wildman–Crippen LogP) is 4.35. The molecule has 1 heterocycles. The van der Waals surface area contributed by atoms with Gasteiger partial charge in [-0.25, -0.2) is 9.59 Å². The van der Waals surface area contributed by atoms with Gasteiger partial charge < -0.3 is 10.4 Å². The van der Waals surface area contributed by atoms with Crippen LogP contribution in [0.25, 0.3) is 0 Å². The number of carbonyl (C=O) groups excluding carboxylic acids is 1. The molecule has 9 heteroatoms. The first-order valence-corrected chi connectivity index (χ1v) is 9.32. The van der Waals surface area contributed by atoms with E-state index in [1.165, 1.54) is 16.7 Å². The van der Waals surface area contributed by atoms with Crippen molar-refractivity contribution in [1.29, 1.82) is 0 Å². The molecule has 1 aliphatic heterocycles. The van der Waals surface area contributed by atoms with Crippen molar-refractivity contribution in [2.75, 3.05) is 11.1 Å². The van der Waals surface area contributed by atoms with E-state index in [1.807, 2.05) is 6.92 Å². The molecule has 21 heavy (non-hydrogen) atoms. The smallest absolute Gasteiger partial charge is 0.327 e. The number of benzene rings is 1. The number of carboxylic acid groups (broad SMARTS) is 1. The van der Waals surface area contributed by atoms with Gasteiger partial charge in [-0.05, 0) is 50.9 Å². The highest BCUT2D eigenvalue weighted by molar-refractivity contribution is 9.11. The van der Waals surface area contributed by atoms with Gasteiger partial charge in [-0.2, -0.15) is 0 Å². The van der Waals surface area contributed by atoms with Gasteiger partial charge in [-0.3, -0.25) is 4.90 Å². The maximum absolute atomic E-state index is 12.4. The van der Waals surface area contributed by atoms with Crippen molar-refractivity contribution >= 4 is 77.2 Å². The molecule has 0 saturated carbocycles. The highest BCUT2D eigenvalue weighted by Crippen LogP contribution is 2.36. The van der Waals surface area contributed by atoms with Crippen molar-refractivity contribution in [2.45, 2.75) is 18.3 Å². The van der Waals surface area contributed by atoms with Crippen molar-refractivity contribution in [1.82, 2.24) is 4.90 Å². The van der Waals surface area contributed by atoms with Crippen LogP contribution in [0.5, 0.6) is 0 Å². The molecule has 2 amide bonds. The molecule has 1 saturated heterocycles. The Morgan fingerprint density at radius 1 is 1.33 bits per heavy atom. The number of amides is 2. The molecule has 1 aromatic rings. The van der Waals surface area contributed by atoms with Gasteiger partial charge in [0.2, 0.25) is 0 Å². The van der Waals surface area contributed by atoms with Crippen molar-refractivity contribution in [3.8, 4) is 0 Å². The van der Waals surface area contributed by atoms with Crippen LogP contribution in [-0.4, -0.2) is 39.2 Å². The number of urea groups is 1. The second-order valence-electron chi connectivity index (χ2n) is 4.37. The molecule has 2 atom stereocenters. The number of nitrogens with zero attached hydrogens (tertiary/aromatic N) is 1. The van der Waals surface area contributed by atoms with Gasteiger partial charge in [0, 0.05) is 19.2 Å². The van der Waals surface area contributed by atoms with E-state index in [0.29, 0.717) is 20.4 Å². The molecule has 2 rings (SSSR count). The monoisotopic (exact) mass is 500 g/mol. The summed E-state index contributed by atoms with van der Waals surface area (Å²) in [6, 6.07) is 2.37. The summed E-state index contributed by atoms with van der Waals surface area (Å²) in [4.78, 5) is 25.0. The molecule has 0 spiro atoms. The van der Waals surface area contributed by atoms with E-state index < -0.39 is 18.0 Å². The average molecular weight is 503 g/mol. The second kappa shape index (κ2) is 6.89. The zero-order valence-corrected chi connectivity index (χ0v) is 16.3. The quantitative estimate of drug-likeness (QED) is 0.630. The lowest BCUT2D eigenvalue weighted by atomic mass is 10.3. The molecule has 1 fully saturated rings. The summed E-state index contributed by atoms with van der Waals surface area (Å²) in [7, 11) is 0. The first kappa shape index (κ1) is 17.1. The standard InChI is InChI=1S/C12H11Br3N2O3S/c1-5-17(9(4-21-5)11(18)19)12(20)16-10-7(14)2-6(13)3-8(10)15/h2-3,5,9H,4H2,1H3,(H,16,20)(H,18,19). The lowest BCUT2D eigenvalue weighted by Crippen LogP contribution is -2.46. The summed E-state index contributed by atoms with van der Waals surface area (Å²) in [5.74, 6) is -0.594. The summed E-state index contributed by atoms with van der Waals surface area (Å²) < 4.78 is 2.25. The zero-order valence-electron chi connectivity index (χ0n) is 10.8. The normalized spacial score (nSPS) is 21.4. The topological polar surface area (TPSA) is 69.6 Å². The minimum atomic E-state index is -0.990. The Kier molecular flexibility index (Phi) is 5.61. The Labute approximate surface area is 151 Å². The maximum Gasteiger partial charge on any atom is 0.327 e. The van der Waals surface area contributed by atoms with E-state index in [1.54, 1.807) is 12.1 Å². The fraction of sp³-hybridized carbons (Fsp3) is 0.333. The first-order chi connectivity index (χ1) is 9.81. The number of anilines is 1. The number of halogens is 3. The molecule has 2 N–H and O–H groups in total. The second-order valence-corrected chi connectivity index (χ2v) is 8.34. The van der Waals surface area contributed by atoms with Crippen LogP contribution in [0.2, 0.25) is 0 Å². The number of carboxylic acids is 1. The minimum absolute atomic E-state index is 0.181. The molecule has 0 aromatic heterocycles. The Morgan fingerprint density at radius 2 is 1.90 bits per heavy atom. The maximum atomic E-state index is 12.4. The van der Waals surface area contributed by atoms with Crippen LogP contribution >= 0.6 is 59.6 Å². The van der Waals surface area contributed by atoms with Gasteiger partial charge in [0.15, 0.2) is 0 Å². The minimum Gasteiger partial charge on any atom is -0.480 e. The molecule has 114 valence electrons. The van der Waals surface area contributed by atoms with Gasteiger partial charge in [-0.15, -0.1) is 11.8 Å². The summed E-state index contributed by atoms with van der Waals surface area (Å²) in [6.45, 7) is 1.82. The Hall–Kier alpha value is -0.250. The Balaban J connectivity index is 2.23. The van der Waals surface area contributed by atoms with Crippen LogP contribution in [0, 0.1) is 0 Å². The van der Waals surface area contributed by atoms with Gasteiger partial charge >= 0.3 is 12.0 Å². The summed E-state index contributed by atoms with van der Waals surface area (Å²) in [6.07, 6.45) is 0. The van der Waals surface area contributed by atoms with Crippen molar-refractivity contribution in [2.24, 2.45) is 0 Å². The van der Waals surface area contributed by atoms with Gasteiger partial charge in [0.25, 0.3) is 0 Å². The summed E-state index contributed by atoms with van der Waals surface area (Å²) >= 11 is 11.6. The van der Waals surface area contributed by atoms with Crippen molar-refractivity contribution < 1.29 is 14.7 Å².